The van der Waals surface area contributed by atoms with Gasteiger partial charge in [0.05, 0.1) is 0 Å². The van der Waals surface area contributed by atoms with Crippen LogP contribution in [0.15, 0.2) is 30.3 Å². The second-order valence-electron chi connectivity index (χ2n) is 4.61. The predicted octanol–water partition coefficient (Wildman–Crippen LogP) is 4.07. The molecule has 0 aliphatic carbocycles. The molecule has 14 heavy (non-hydrogen) atoms. The van der Waals surface area contributed by atoms with Crippen LogP contribution in [0, 0.1) is 11.8 Å². The Kier molecular flexibility index (Phi) is 3.72. The zero-order chi connectivity index (χ0) is 10.8. The Morgan fingerprint density at radius 1 is 0.929 bits per heavy atom. The van der Waals surface area contributed by atoms with Crippen LogP contribution in [0.5, 0.6) is 0 Å². The summed E-state index contributed by atoms with van der Waals surface area (Å²) in [5.41, 5.74) is 1.43. The highest BCUT2D eigenvalue weighted by atomic mass is 31.0. The van der Waals surface area contributed by atoms with Gasteiger partial charge in [0.2, 0.25) is 0 Å². The maximum atomic E-state index is 3.06. The molecule has 0 amide bonds. The van der Waals surface area contributed by atoms with Gasteiger partial charge >= 0.3 is 0 Å². The van der Waals surface area contributed by atoms with Gasteiger partial charge in [0.25, 0.3) is 0 Å². The fourth-order valence-corrected chi connectivity index (χ4v) is 2.25. The molecule has 0 N–H and O–H groups in total. The largest absolute Gasteiger partial charge is 0.126 e. The third-order valence-corrected chi connectivity index (χ3v) is 4.85. The lowest BCUT2D eigenvalue weighted by Crippen LogP contribution is -2.30. The van der Waals surface area contributed by atoms with E-state index in [0.717, 1.165) is 0 Å². The van der Waals surface area contributed by atoms with Crippen LogP contribution in [0.4, 0.5) is 0 Å². The summed E-state index contributed by atoms with van der Waals surface area (Å²) in [7, 11) is 3.06. The zero-order valence-corrected chi connectivity index (χ0v) is 10.8. The monoisotopic (exact) mass is 208 g/mol. The first kappa shape index (κ1) is 11.7. The second kappa shape index (κ2) is 4.45. The highest BCUT2D eigenvalue weighted by Crippen LogP contribution is 2.45. The quantitative estimate of drug-likeness (QED) is 0.657. The molecule has 1 atom stereocenters. The zero-order valence-electron chi connectivity index (χ0n) is 9.62. The molecule has 1 heteroatoms. The van der Waals surface area contributed by atoms with Crippen LogP contribution in [0.2, 0.25) is 0 Å². The lowest BCUT2D eigenvalue weighted by atomic mass is 9.79. The molecule has 0 radical (unpaired) electrons. The summed E-state index contributed by atoms with van der Waals surface area (Å²) >= 11 is 0. The average molecular weight is 208 g/mol. The molecule has 1 rings (SSSR count). The van der Waals surface area contributed by atoms with E-state index < -0.39 is 0 Å². The summed E-state index contributed by atoms with van der Waals surface area (Å²) < 4.78 is 0. The number of rotatable bonds is 3. The molecule has 0 aliphatic rings. The van der Waals surface area contributed by atoms with E-state index in [2.05, 4.69) is 67.3 Å². The van der Waals surface area contributed by atoms with E-state index in [9.17, 15) is 0 Å². The van der Waals surface area contributed by atoms with Gasteiger partial charge in [-0.05, 0) is 17.4 Å². The van der Waals surface area contributed by atoms with E-state index >= 15 is 0 Å². The molecule has 1 aromatic carbocycles. The maximum absolute atomic E-state index is 3.06. The van der Waals surface area contributed by atoms with Crippen LogP contribution < -0.4 is 0 Å². The summed E-state index contributed by atoms with van der Waals surface area (Å²) in [6, 6.07) is 10.8. The fourth-order valence-electron chi connectivity index (χ4n) is 2.06. The molecule has 0 bridgehead atoms. The van der Waals surface area contributed by atoms with Crippen molar-refractivity contribution in [1.82, 2.24) is 0 Å². The Bertz CT molecular complexity index is 267. The molecular formula is C13H21P. The summed E-state index contributed by atoms with van der Waals surface area (Å²) in [5, 5.41) is 0.210. The summed E-state index contributed by atoms with van der Waals surface area (Å²) in [4.78, 5) is 0. The Hall–Kier alpha value is -0.350. The first-order chi connectivity index (χ1) is 6.49. The minimum Gasteiger partial charge on any atom is -0.126 e. The van der Waals surface area contributed by atoms with Crippen molar-refractivity contribution in [1.29, 1.82) is 0 Å². The normalized spacial score (nSPS) is 12.5. The van der Waals surface area contributed by atoms with Crippen LogP contribution in [0.3, 0.4) is 0 Å². The van der Waals surface area contributed by atoms with Crippen molar-refractivity contribution in [3.05, 3.63) is 35.9 Å². The minimum atomic E-state index is 0.210. The van der Waals surface area contributed by atoms with Crippen LogP contribution in [-0.4, -0.2) is 0 Å². The number of hydrogen-bond donors (Lipinski definition) is 0. The Morgan fingerprint density at radius 3 is 1.71 bits per heavy atom. The Morgan fingerprint density at radius 2 is 1.36 bits per heavy atom. The molecule has 0 aromatic heterocycles. The summed E-state index contributed by atoms with van der Waals surface area (Å²) in [5.74, 6) is 1.27. The maximum Gasteiger partial charge on any atom is 0.0143 e. The lowest BCUT2D eigenvalue weighted by Gasteiger charge is -2.38. The SMILES string of the molecule is CC(C)C(P)(c1ccccc1)C(C)C. The van der Waals surface area contributed by atoms with Crippen molar-refractivity contribution < 1.29 is 0 Å². The molecule has 78 valence electrons. The number of benzene rings is 1. The van der Waals surface area contributed by atoms with Crippen LogP contribution in [0.25, 0.3) is 0 Å². The van der Waals surface area contributed by atoms with Crippen LogP contribution >= 0.6 is 9.24 Å². The Balaban J connectivity index is 3.13. The van der Waals surface area contributed by atoms with Gasteiger partial charge in [-0.1, -0.05) is 58.0 Å². The van der Waals surface area contributed by atoms with Gasteiger partial charge in [0.15, 0.2) is 0 Å². The third kappa shape index (κ3) is 2.01. The van der Waals surface area contributed by atoms with E-state index in [1.54, 1.807) is 0 Å². The molecule has 0 saturated carbocycles. The molecule has 0 fully saturated rings. The van der Waals surface area contributed by atoms with Gasteiger partial charge < -0.3 is 0 Å². The number of hydrogen-bond acceptors (Lipinski definition) is 0. The van der Waals surface area contributed by atoms with Gasteiger partial charge in [0, 0.05) is 5.16 Å². The first-order valence-electron chi connectivity index (χ1n) is 5.34. The van der Waals surface area contributed by atoms with E-state index in [0.29, 0.717) is 11.8 Å². The van der Waals surface area contributed by atoms with Gasteiger partial charge in [-0.2, -0.15) is 0 Å². The first-order valence-corrected chi connectivity index (χ1v) is 5.91. The van der Waals surface area contributed by atoms with Gasteiger partial charge in [0.1, 0.15) is 0 Å². The van der Waals surface area contributed by atoms with Gasteiger partial charge in [-0.3, -0.25) is 0 Å². The van der Waals surface area contributed by atoms with Crippen LogP contribution in [0.1, 0.15) is 33.3 Å². The lowest BCUT2D eigenvalue weighted by molar-refractivity contribution is 0.341. The smallest absolute Gasteiger partial charge is 0.0143 e. The molecule has 0 aliphatic heterocycles. The van der Waals surface area contributed by atoms with Crippen molar-refractivity contribution in [2.45, 2.75) is 32.9 Å². The summed E-state index contributed by atoms with van der Waals surface area (Å²) in [6.45, 7) is 9.17. The second-order valence-corrected chi connectivity index (χ2v) is 5.56. The predicted molar refractivity (Wildman–Crippen MR) is 67.5 cm³/mol. The van der Waals surface area contributed by atoms with Crippen molar-refractivity contribution in [3.8, 4) is 0 Å². The fraction of sp³-hybridized carbons (Fsp3) is 0.538. The highest BCUT2D eigenvalue weighted by molar-refractivity contribution is 7.18. The molecule has 0 nitrogen and oxygen atoms in total. The standard InChI is InChI=1S/C13H21P/c1-10(2)13(14,11(3)4)12-8-6-5-7-9-12/h5-11H,14H2,1-4H3. The van der Waals surface area contributed by atoms with Gasteiger partial charge in [-0.25, -0.2) is 0 Å². The summed E-state index contributed by atoms with van der Waals surface area (Å²) in [6.07, 6.45) is 0. The topological polar surface area (TPSA) is 0 Å². The molecule has 0 heterocycles. The van der Waals surface area contributed by atoms with Crippen molar-refractivity contribution in [2.75, 3.05) is 0 Å². The van der Waals surface area contributed by atoms with Crippen molar-refractivity contribution in [3.63, 3.8) is 0 Å². The van der Waals surface area contributed by atoms with Crippen molar-refractivity contribution in [2.24, 2.45) is 11.8 Å². The van der Waals surface area contributed by atoms with E-state index in [1.165, 1.54) is 5.56 Å². The highest BCUT2D eigenvalue weighted by Gasteiger charge is 2.33. The van der Waals surface area contributed by atoms with Gasteiger partial charge in [-0.15, -0.1) is 9.24 Å². The average Bonchev–Trinajstić information content (AvgIpc) is 2.17. The molecule has 0 saturated heterocycles. The molecular weight excluding hydrogens is 187 g/mol. The van der Waals surface area contributed by atoms with E-state index in [-0.39, 0.29) is 5.16 Å². The van der Waals surface area contributed by atoms with E-state index in [4.69, 9.17) is 0 Å². The Labute approximate surface area is 90.3 Å². The minimum absolute atomic E-state index is 0.210. The molecule has 0 spiro atoms. The van der Waals surface area contributed by atoms with Crippen molar-refractivity contribution >= 4 is 9.24 Å². The third-order valence-electron chi connectivity index (χ3n) is 3.18. The molecule has 1 unspecified atom stereocenters. The van der Waals surface area contributed by atoms with E-state index in [1.807, 2.05) is 0 Å². The molecule has 1 aromatic rings. The van der Waals surface area contributed by atoms with Crippen LogP contribution in [-0.2, 0) is 5.16 Å².